The summed E-state index contributed by atoms with van der Waals surface area (Å²) in [5.74, 6) is 0.479. The third-order valence-electron chi connectivity index (χ3n) is 6.31. The summed E-state index contributed by atoms with van der Waals surface area (Å²) in [7, 11) is -1.71. The van der Waals surface area contributed by atoms with Crippen molar-refractivity contribution in [1.82, 2.24) is 4.98 Å². The molecular weight excluding hydrogens is 682 g/mol. The van der Waals surface area contributed by atoms with Crippen molar-refractivity contribution in [3.63, 3.8) is 0 Å². The Hall–Kier alpha value is -1.10. The van der Waals surface area contributed by atoms with Gasteiger partial charge in [-0.25, -0.2) is 0 Å². The first kappa shape index (κ1) is 29.1. The summed E-state index contributed by atoms with van der Waals surface area (Å²) in [6.45, 7) is 12.7. The van der Waals surface area contributed by atoms with E-state index < -0.39 is 8.07 Å². The van der Waals surface area contributed by atoms with Crippen molar-refractivity contribution in [1.29, 1.82) is 0 Å². The van der Waals surface area contributed by atoms with E-state index in [1.165, 1.54) is 15.2 Å². The summed E-state index contributed by atoms with van der Waals surface area (Å²) >= 11 is 0.382. The van der Waals surface area contributed by atoms with Crippen LogP contribution in [0.15, 0.2) is 60.8 Å². The van der Waals surface area contributed by atoms with Crippen LogP contribution < -0.4 is 19.3 Å². The van der Waals surface area contributed by atoms with Crippen molar-refractivity contribution in [3.05, 3.63) is 66.9 Å². The normalized spacial score (nSPS) is 15.4. The fourth-order valence-corrected chi connectivity index (χ4v) is 12.7. The van der Waals surface area contributed by atoms with Gasteiger partial charge in [-0.05, 0) is 18.3 Å². The minimum absolute atomic E-state index is 0. The van der Waals surface area contributed by atoms with Crippen molar-refractivity contribution < 1.29 is 30.3 Å². The van der Waals surface area contributed by atoms with E-state index in [2.05, 4.69) is 72.7 Å². The average Bonchev–Trinajstić information content (AvgIpc) is 2.79. The molecule has 0 fully saturated rings. The molecule has 1 aliphatic heterocycles. The molecule has 2 N–H and O–H groups in total. The number of rotatable bonds is 5. The number of pyridine rings is 1. The van der Waals surface area contributed by atoms with E-state index >= 15 is 0 Å². The van der Waals surface area contributed by atoms with Crippen LogP contribution in [0.1, 0.15) is 34.1 Å². The Morgan fingerprint density at radius 3 is 2.09 bits per heavy atom. The van der Waals surface area contributed by atoms with Crippen molar-refractivity contribution in [2.75, 3.05) is 0 Å². The first-order valence-electron chi connectivity index (χ1n) is 11.7. The van der Waals surface area contributed by atoms with E-state index in [0.29, 0.717) is 21.4 Å². The van der Waals surface area contributed by atoms with Gasteiger partial charge >= 0.3 is 139 Å². The maximum Gasteiger partial charge on any atom is 0 e. The van der Waals surface area contributed by atoms with Crippen LogP contribution in [0.25, 0.3) is 11.3 Å². The Labute approximate surface area is 226 Å². The van der Waals surface area contributed by atoms with Crippen LogP contribution in [-0.4, -0.2) is 50.4 Å². The molecule has 1 aromatic heterocycles. The quantitative estimate of drug-likeness (QED) is 0.316. The zero-order chi connectivity index (χ0) is 24.2. The first-order valence-corrected chi connectivity index (χ1v) is 16.4. The minimum Gasteiger partial charge on any atom is 0 e. The van der Waals surface area contributed by atoms with Gasteiger partial charge < -0.3 is 10.2 Å². The summed E-state index contributed by atoms with van der Waals surface area (Å²) in [6, 6.07) is 23.0. The summed E-state index contributed by atoms with van der Waals surface area (Å²) in [6.07, 6.45) is 1.63. The fourth-order valence-electron chi connectivity index (χ4n) is 4.01. The summed E-state index contributed by atoms with van der Waals surface area (Å²) in [4.78, 5) is 4.58. The minimum atomic E-state index is -1.71. The van der Waals surface area contributed by atoms with Crippen LogP contribution in [0.2, 0.25) is 13.1 Å². The van der Waals surface area contributed by atoms with E-state index in [9.17, 15) is 10.2 Å². The molecule has 0 saturated carbocycles. The molecule has 2 unspecified atom stereocenters. The van der Waals surface area contributed by atoms with Crippen LogP contribution >= 0.6 is 0 Å². The van der Waals surface area contributed by atoms with E-state index in [1.54, 1.807) is 9.65 Å². The number of nitrogens with zero attached hydrogens (tertiary/aromatic N) is 1. The van der Waals surface area contributed by atoms with Gasteiger partial charge in [0.25, 0.3) is 0 Å². The molecule has 0 saturated heterocycles. The van der Waals surface area contributed by atoms with Crippen molar-refractivity contribution in [2.45, 2.75) is 59.4 Å². The van der Waals surface area contributed by atoms with Gasteiger partial charge in [0.1, 0.15) is 0 Å². The molecule has 0 bridgehead atoms. The maximum atomic E-state index is 9.39. The largest absolute Gasteiger partial charge is 0 e. The van der Waals surface area contributed by atoms with Crippen molar-refractivity contribution in [2.24, 2.45) is 11.8 Å². The smallest absolute Gasteiger partial charge is 0 e. The van der Waals surface area contributed by atoms with Crippen LogP contribution in [0.5, 0.6) is 0 Å². The monoisotopic (exact) mass is 719 g/mol. The first-order chi connectivity index (χ1) is 15.6. The standard InChI is InChI=1S/C19H16NSeSi.C9H20O2.Ir/c1-22(2)18-12-4-3-10-16(18)21-17-11-7-8-14(19(17)22)15-9-5-6-13-20-15;1-6(2)8(10)5-9(11)7(3)4;/h3-7,9-13H,1-2H3;6-11H,5H2,1-4H3;/q-1;;. The van der Waals surface area contributed by atoms with E-state index in [0.717, 1.165) is 5.69 Å². The van der Waals surface area contributed by atoms with Gasteiger partial charge in [-0.3, -0.25) is 0 Å². The topological polar surface area (TPSA) is 53.4 Å². The molecule has 2 atom stereocenters. The average molecular weight is 718 g/mol. The molecule has 185 valence electrons. The van der Waals surface area contributed by atoms with Gasteiger partial charge in [0, 0.05) is 20.1 Å². The number of hydrogen-bond donors (Lipinski definition) is 2. The molecule has 0 amide bonds. The summed E-state index contributed by atoms with van der Waals surface area (Å²) in [5.41, 5.74) is 2.27. The predicted octanol–water partition coefficient (Wildman–Crippen LogP) is 2.75. The third kappa shape index (κ3) is 6.76. The third-order valence-corrected chi connectivity index (χ3v) is 13.1. The maximum absolute atomic E-state index is 9.39. The SMILES string of the molecule is CC(C)C(O)CC(O)C(C)C.C[Si]1(C)c2ccccc2[Se]c2cc[c-]c(-c3ccccn3)c21.[Ir]. The molecule has 2 aromatic carbocycles. The van der Waals surface area contributed by atoms with Gasteiger partial charge in [-0.2, -0.15) is 0 Å². The Balaban J connectivity index is 0.000000294. The number of fused-ring (bicyclic) bond motifs is 2. The number of benzene rings is 2. The Morgan fingerprint density at radius 1 is 0.882 bits per heavy atom. The number of aromatic nitrogens is 1. The van der Waals surface area contributed by atoms with E-state index in [1.807, 2.05) is 40.0 Å². The predicted molar refractivity (Wildman–Crippen MR) is 143 cm³/mol. The van der Waals surface area contributed by atoms with Gasteiger partial charge in [0.2, 0.25) is 0 Å². The molecule has 2 heterocycles. The zero-order valence-corrected chi connectivity index (χ0v) is 26.0. The van der Waals surface area contributed by atoms with Crippen LogP contribution in [0, 0.1) is 17.9 Å². The molecule has 4 rings (SSSR count). The second-order valence-electron chi connectivity index (χ2n) is 9.89. The van der Waals surface area contributed by atoms with Gasteiger partial charge in [0.15, 0.2) is 0 Å². The van der Waals surface area contributed by atoms with E-state index in [4.69, 9.17) is 0 Å². The zero-order valence-electron chi connectivity index (χ0n) is 20.9. The van der Waals surface area contributed by atoms with Crippen LogP contribution in [0.3, 0.4) is 0 Å². The Kier molecular flexibility index (Phi) is 10.9. The molecule has 1 aliphatic rings. The van der Waals surface area contributed by atoms with Gasteiger partial charge in [0.05, 0.1) is 12.2 Å². The molecular formula is C28H36IrNO2SeSi-. The molecule has 34 heavy (non-hydrogen) atoms. The molecule has 6 heteroatoms. The Morgan fingerprint density at radius 2 is 1.50 bits per heavy atom. The van der Waals surface area contributed by atoms with Gasteiger partial charge in [-0.1, -0.05) is 27.7 Å². The van der Waals surface area contributed by atoms with Crippen LogP contribution in [-0.2, 0) is 20.1 Å². The second kappa shape index (κ2) is 12.7. The Bertz CT molecular complexity index is 1050. The number of aliphatic hydroxyl groups is 2. The molecule has 0 spiro atoms. The molecule has 1 radical (unpaired) electrons. The van der Waals surface area contributed by atoms with Crippen LogP contribution in [0.4, 0.5) is 0 Å². The molecule has 3 nitrogen and oxygen atoms in total. The van der Waals surface area contributed by atoms with Gasteiger partial charge in [-0.15, -0.1) is 0 Å². The fraction of sp³-hybridized carbons (Fsp3) is 0.393. The van der Waals surface area contributed by atoms with Crippen molar-refractivity contribution >= 4 is 42.3 Å². The van der Waals surface area contributed by atoms with E-state index in [-0.39, 0.29) is 44.1 Å². The second-order valence-corrected chi connectivity index (χ2v) is 16.5. The van der Waals surface area contributed by atoms with Crippen molar-refractivity contribution in [3.8, 4) is 11.3 Å². The number of hydrogen-bond acceptors (Lipinski definition) is 3. The molecule has 3 aromatic rings. The summed E-state index contributed by atoms with van der Waals surface area (Å²) in [5, 5.41) is 21.9. The molecule has 0 aliphatic carbocycles. The summed E-state index contributed by atoms with van der Waals surface area (Å²) < 4.78 is 3.07. The number of aliphatic hydroxyl groups excluding tert-OH is 2.